The van der Waals surface area contributed by atoms with Crippen LogP contribution >= 0.6 is 0 Å². The molecule has 2 unspecified atom stereocenters. The number of benzene rings is 2. The van der Waals surface area contributed by atoms with Crippen LogP contribution in [0.15, 0.2) is 42.5 Å². The molecule has 5 nitrogen and oxygen atoms in total. The minimum atomic E-state index is -0.566. The van der Waals surface area contributed by atoms with Crippen LogP contribution in [0.4, 0.5) is 4.79 Å². The monoisotopic (exact) mass is 312 g/mol. The lowest BCUT2D eigenvalue weighted by Gasteiger charge is -2.25. The average molecular weight is 312 g/mol. The quantitative estimate of drug-likeness (QED) is 0.948. The predicted molar refractivity (Wildman–Crippen MR) is 88.0 cm³/mol. The number of alkyl carbamates (subject to hydrolysis) is 1. The highest BCUT2D eigenvalue weighted by Gasteiger charge is 2.35. The molecule has 1 fully saturated rings. The zero-order chi connectivity index (χ0) is 16.4. The number of nitrogens with one attached hydrogen (secondary N) is 1. The number of likely N-dealkylation sites (tertiary alicyclic amines) is 1. The molecule has 23 heavy (non-hydrogen) atoms. The molecule has 0 saturated carbocycles. The van der Waals surface area contributed by atoms with Crippen LogP contribution < -0.4 is 5.32 Å². The molecule has 120 valence electrons. The number of rotatable bonds is 3. The van der Waals surface area contributed by atoms with E-state index in [1.54, 1.807) is 0 Å². The van der Waals surface area contributed by atoms with E-state index in [0.717, 1.165) is 10.9 Å². The summed E-state index contributed by atoms with van der Waals surface area (Å²) in [5.41, 5.74) is 1.09. The highest BCUT2D eigenvalue weighted by atomic mass is 16.5. The standard InChI is InChI=1S/C18H20N2O3/c1-12(14-8-7-13-5-3-4-6-15(13)11-14)20-10-9-16(17(20)21)19-18(22)23-2/h3-8,11-12,16H,9-10H2,1-2H3,(H,19,22). The first-order valence-corrected chi connectivity index (χ1v) is 7.74. The Hall–Kier alpha value is -2.56. The minimum Gasteiger partial charge on any atom is -0.453 e. The number of carbonyl (C=O) groups is 2. The van der Waals surface area contributed by atoms with Crippen LogP contribution in [0, 0.1) is 0 Å². The first kappa shape index (κ1) is 15.3. The Labute approximate surface area is 135 Å². The summed E-state index contributed by atoms with van der Waals surface area (Å²) in [4.78, 5) is 25.6. The van der Waals surface area contributed by atoms with E-state index < -0.39 is 12.1 Å². The number of nitrogens with zero attached hydrogens (tertiary/aromatic N) is 1. The summed E-state index contributed by atoms with van der Waals surface area (Å²) in [6.45, 7) is 2.64. The van der Waals surface area contributed by atoms with Crippen molar-refractivity contribution in [3.8, 4) is 0 Å². The van der Waals surface area contributed by atoms with Gasteiger partial charge < -0.3 is 15.0 Å². The minimum absolute atomic E-state index is 0.0310. The molecule has 1 saturated heterocycles. The van der Waals surface area contributed by atoms with Crippen LogP contribution in [-0.2, 0) is 9.53 Å². The third-order valence-electron chi connectivity index (χ3n) is 4.44. The molecule has 1 N–H and O–H groups in total. The Kier molecular flexibility index (Phi) is 4.19. The number of fused-ring (bicyclic) bond motifs is 1. The molecule has 0 spiro atoms. The lowest BCUT2D eigenvalue weighted by Crippen LogP contribution is -2.42. The molecular weight excluding hydrogens is 292 g/mol. The second-order valence-corrected chi connectivity index (χ2v) is 5.79. The Morgan fingerprint density at radius 3 is 2.74 bits per heavy atom. The van der Waals surface area contributed by atoms with Gasteiger partial charge in [-0.3, -0.25) is 4.79 Å². The molecular formula is C18H20N2O3. The summed E-state index contributed by atoms with van der Waals surface area (Å²) in [6, 6.07) is 13.9. The van der Waals surface area contributed by atoms with Crippen LogP contribution in [0.1, 0.15) is 24.9 Å². The lowest BCUT2D eigenvalue weighted by molar-refractivity contribution is -0.131. The van der Waals surface area contributed by atoms with Crippen molar-refractivity contribution in [3.63, 3.8) is 0 Å². The molecule has 5 heteroatoms. The van der Waals surface area contributed by atoms with E-state index in [1.165, 1.54) is 12.5 Å². The molecule has 0 radical (unpaired) electrons. The van der Waals surface area contributed by atoms with Gasteiger partial charge in [-0.2, -0.15) is 0 Å². The molecule has 1 aliphatic heterocycles. The summed E-state index contributed by atoms with van der Waals surface area (Å²) in [6.07, 6.45) is 0.0369. The van der Waals surface area contributed by atoms with Gasteiger partial charge in [-0.1, -0.05) is 36.4 Å². The zero-order valence-corrected chi connectivity index (χ0v) is 13.3. The van der Waals surface area contributed by atoms with Crippen molar-refractivity contribution in [2.45, 2.75) is 25.4 Å². The van der Waals surface area contributed by atoms with E-state index in [1.807, 2.05) is 24.0 Å². The fourth-order valence-corrected chi connectivity index (χ4v) is 3.07. The van der Waals surface area contributed by atoms with Gasteiger partial charge in [-0.25, -0.2) is 4.79 Å². The van der Waals surface area contributed by atoms with Crippen molar-refractivity contribution in [3.05, 3.63) is 48.0 Å². The van der Waals surface area contributed by atoms with E-state index in [9.17, 15) is 9.59 Å². The molecule has 2 amide bonds. The molecule has 2 aromatic rings. The SMILES string of the molecule is COC(=O)NC1CCN(C(C)c2ccc3ccccc3c2)C1=O. The first-order valence-electron chi connectivity index (χ1n) is 7.74. The van der Waals surface area contributed by atoms with E-state index in [-0.39, 0.29) is 11.9 Å². The molecule has 2 atom stereocenters. The van der Waals surface area contributed by atoms with Gasteiger partial charge in [0.05, 0.1) is 13.2 Å². The molecule has 0 aliphatic carbocycles. The van der Waals surface area contributed by atoms with Crippen LogP contribution in [0.2, 0.25) is 0 Å². The summed E-state index contributed by atoms with van der Waals surface area (Å²) in [5, 5.41) is 4.93. The number of hydrogen-bond donors (Lipinski definition) is 1. The summed E-state index contributed by atoms with van der Waals surface area (Å²) in [5.74, 6) is -0.0592. The van der Waals surface area contributed by atoms with Crippen LogP contribution in [-0.4, -0.2) is 36.6 Å². The highest BCUT2D eigenvalue weighted by Crippen LogP contribution is 2.28. The normalized spacial score (nSPS) is 19.0. The van der Waals surface area contributed by atoms with Crippen LogP contribution in [0.3, 0.4) is 0 Å². The zero-order valence-electron chi connectivity index (χ0n) is 13.3. The Balaban J connectivity index is 1.78. The van der Waals surface area contributed by atoms with Gasteiger partial charge in [-0.05, 0) is 35.7 Å². The van der Waals surface area contributed by atoms with Gasteiger partial charge in [0.25, 0.3) is 0 Å². The van der Waals surface area contributed by atoms with Crippen molar-refractivity contribution < 1.29 is 14.3 Å². The van der Waals surface area contributed by atoms with Gasteiger partial charge in [0.1, 0.15) is 6.04 Å². The second kappa shape index (κ2) is 6.28. The second-order valence-electron chi connectivity index (χ2n) is 5.79. The molecule has 2 aromatic carbocycles. The van der Waals surface area contributed by atoms with Gasteiger partial charge in [-0.15, -0.1) is 0 Å². The average Bonchev–Trinajstić information content (AvgIpc) is 2.94. The van der Waals surface area contributed by atoms with Crippen molar-refractivity contribution in [2.75, 3.05) is 13.7 Å². The third kappa shape index (κ3) is 2.99. The summed E-state index contributed by atoms with van der Waals surface area (Å²) >= 11 is 0. The third-order valence-corrected chi connectivity index (χ3v) is 4.44. The number of ether oxygens (including phenoxy) is 1. The molecule has 0 bridgehead atoms. The fraction of sp³-hybridized carbons (Fsp3) is 0.333. The lowest BCUT2D eigenvalue weighted by atomic mass is 10.0. The van der Waals surface area contributed by atoms with Crippen molar-refractivity contribution in [1.82, 2.24) is 10.2 Å². The van der Waals surface area contributed by atoms with Gasteiger partial charge in [0.15, 0.2) is 0 Å². The van der Waals surface area contributed by atoms with Crippen molar-refractivity contribution in [2.24, 2.45) is 0 Å². The Bertz CT molecular complexity index is 744. The molecule has 3 rings (SSSR count). The smallest absolute Gasteiger partial charge is 0.407 e. The largest absolute Gasteiger partial charge is 0.453 e. The number of hydrogen-bond acceptors (Lipinski definition) is 3. The van der Waals surface area contributed by atoms with Gasteiger partial charge in [0.2, 0.25) is 5.91 Å². The van der Waals surface area contributed by atoms with E-state index in [2.05, 4.69) is 40.4 Å². The fourth-order valence-electron chi connectivity index (χ4n) is 3.07. The van der Waals surface area contributed by atoms with Gasteiger partial charge >= 0.3 is 6.09 Å². The van der Waals surface area contributed by atoms with Crippen LogP contribution in [0.25, 0.3) is 10.8 Å². The number of carbonyl (C=O) groups excluding carboxylic acids is 2. The first-order chi connectivity index (χ1) is 11.1. The molecule has 1 aliphatic rings. The number of amides is 2. The molecule has 0 aromatic heterocycles. The Morgan fingerprint density at radius 2 is 2.00 bits per heavy atom. The molecule has 1 heterocycles. The predicted octanol–water partition coefficient (Wildman–Crippen LogP) is 2.86. The van der Waals surface area contributed by atoms with E-state index >= 15 is 0 Å². The Morgan fingerprint density at radius 1 is 1.26 bits per heavy atom. The van der Waals surface area contributed by atoms with Gasteiger partial charge in [0, 0.05) is 6.54 Å². The maximum Gasteiger partial charge on any atom is 0.407 e. The maximum absolute atomic E-state index is 12.5. The van der Waals surface area contributed by atoms with Crippen LogP contribution in [0.5, 0.6) is 0 Å². The topological polar surface area (TPSA) is 58.6 Å². The van der Waals surface area contributed by atoms with Crippen molar-refractivity contribution in [1.29, 1.82) is 0 Å². The summed E-state index contributed by atoms with van der Waals surface area (Å²) in [7, 11) is 1.30. The van der Waals surface area contributed by atoms with Crippen molar-refractivity contribution >= 4 is 22.8 Å². The van der Waals surface area contributed by atoms with E-state index in [0.29, 0.717) is 13.0 Å². The summed E-state index contributed by atoms with van der Waals surface area (Å²) < 4.78 is 4.57. The van der Waals surface area contributed by atoms with E-state index in [4.69, 9.17) is 0 Å². The maximum atomic E-state index is 12.5. The number of methoxy groups -OCH3 is 1. The highest BCUT2D eigenvalue weighted by molar-refractivity contribution is 5.88.